The van der Waals surface area contributed by atoms with Crippen LogP contribution < -0.4 is 5.32 Å². The maximum absolute atomic E-state index is 4.14. The predicted octanol–water partition coefficient (Wildman–Crippen LogP) is 3.76. The molecule has 0 amide bonds. The van der Waals surface area contributed by atoms with Gasteiger partial charge in [-0.3, -0.25) is 0 Å². The van der Waals surface area contributed by atoms with Gasteiger partial charge in [0, 0.05) is 6.04 Å². The molecule has 2 atom stereocenters. The Kier molecular flexibility index (Phi) is 4.39. The van der Waals surface area contributed by atoms with E-state index < -0.39 is 0 Å². The predicted molar refractivity (Wildman–Crippen MR) is 68.0 cm³/mol. The van der Waals surface area contributed by atoms with Crippen LogP contribution >= 0.6 is 0 Å². The molecule has 88 valence electrons. The quantitative estimate of drug-likeness (QED) is 0.630. The minimum Gasteiger partial charge on any atom is -0.313 e. The molecule has 2 unspecified atom stereocenters. The molecule has 1 nitrogen and oxygen atoms in total. The summed E-state index contributed by atoms with van der Waals surface area (Å²) in [5, 5.41) is 3.69. The number of nitrogens with one attached hydrogen (secondary N) is 1. The molecule has 0 heterocycles. The van der Waals surface area contributed by atoms with Crippen LogP contribution in [0.25, 0.3) is 0 Å². The second kappa shape index (κ2) is 5.16. The Labute approximate surface area is 95.3 Å². The first-order chi connectivity index (χ1) is 7.01. The molecule has 0 aromatic heterocycles. The fourth-order valence-corrected chi connectivity index (χ4v) is 2.34. The van der Waals surface area contributed by atoms with Gasteiger partial charge in [0.2, 0.25) is 0 Å². The van der Waals surface area contributed by atoms with Crippen molar-refractivity contribution in [1.82, 2.24) is 5.32 Å². The van der Waals surface area contributed by atoms with Crippen molar-refractivity contribution in [3.63, 3.8) is 0 Å². The lowest BCUT2D eigenvalue weighted by atomic mass is 9.97. The summed E-state index contributed by atoms with van der Waals surface area (Å²) in [5.41, 5.74) is 1.96. The van der Waals surface area contributed by atoms with Crippen molar-refractivity contribution in [3.8, 4) is 0 Å². The highest BCUT2D eigenvalue weighted by Crippen LogP contribution is 2.54. The molecule has 1 saturated carbocycles. The summed E-state index contributed by atoms with van der Waals surface area (Å²) in [6.07, 6.45) is 4.90. The van der Waals surface area contributed by atoms with Gasteiger partial charge in [-0.15, -0.1) is 0 Å². The third kappa shape index (κ3) is 3.64. The van der Waals surface area contributed by atoms with Crippen LogP contribution in [0.5, 0.6) is 0 Å². The van der Waals surface area contributed by atoms with Crippen LogP contribution in [0.1, 0.15) is 53.4 Å². The molecule has 0 radical (unpaired) electrons. The normalized spacial score (nSPS) is 24.9. The van der Waals surface area contributed by atoms with Gasteiger partial charge < -0.3 is 5.32 Å². The van der Waals surface area contributed by atoms with Gasteiger partial charge in [-0.2, -0.15) is 0 Å². The first kappa shape index (κ1) is 12.8. The monoisotopic (exact) mass is 209 g/mol. The summed E-state index contributed by atoms with van der Waals surface area (Å²) in [6, 6.07) is 0.674. The number of hydrogen-bond acceptors (Lipinski definition) is 1. The Balaban J connectivity index is 2.43. The van der Waals surface area contributed by atoms with Gasteiger partial charge >= 0.3 is 0 Å². The second-order valence-electron chi connectivity index (χ2n) is 5.67. The Morgan fingerprint density at radius 3 is 2.47 bits per heavy atom. The molecule has 0 aliphatic heterocycles. The van der Waals surface area contributed by atoms with E-state index in [0.29, 0.717) is 11.5 Å². The highest BCUT2D eigenvalue weighted by Gasteiger charge is 2.49. The number of hydrogen-bond donors (Lipinski definition) is 1. The zero-order valence-corrected chi connectivity index (χ0v) is 10.9. The molecule has 1 aliphatic rings. The van der Waals surface area contributed by atoms with E-state index in [1.54, 1.807) is 0 Å². The Morgan fingerprint density at radius 2 is 2.07 bits per heavy atom. The average molecular weight is 209 g/mol. The van der Waals surface area contributed by atoms with Crippen LogP contribution in [0.15, 0.2) is 12.2 Å². The summed E-state index contributed by atoms with van der Waals surface area (Å²) in [6.45, 7) is 14.5. The van der Waals surface area contributed by atoms with Crippen LogP contribution in [0.4, 0.5) is 0 Å². The summed E-state index contributed by atoms with van der Waals surface area (Å²) >= 11 is 0. The zero-order valence-electron chi connectivity index (χ0n) is 10.9. The summed E-state index contributed by atoms with van der Waals surface area (Å²) in [7, 11) is 0. The van der Waals surface area contributed by atoms with E-state index >= 15 is 0 Å². The summed E-state index contributed by atoms with van der Waals surface area (Å²) in [5.74, 6) is 0.868. The van der Waals surface area contributed by atoms with Crippen LogP contribution in [-0.2, 0) is 0 Å². The first-order valence-electron chi connectivity index (χ1n) is 6.41. The van der Waals surface area contributed by atoms with Gasteiger partial charge in [0.25, 0.3) is 0 Å². The maximum Gasteiger partial charge on any atom is 0.0138 e. The van der Waals surface area contributed by atoms with Crippen molar-refractivity contribution in [2.75, 3.05) is 6.54 Å². The fraction of sp³-hybridized carbons (Fsp3) is 0.857. The van der Waals surface area contributed by atoms with Crippen molar-refractivity contribution in [2.45, 2.75) is 59.4 Å². The van der Waals surface area contributed by atoms with E-state index in [1.807, 2.05) is 0 Å². The van der Waals surface area contributed by atoms with Crippen LogP contribution in [0, 0.1) is 11.3 Å². The SMILES string of the molecule is C=C(CC)CC(NCCC)C1CC1(C)C. The molecule has 1 fully saturated rings. The Morgan fingerprint density at radius 1 is 1.47 bits per heavy atom. The number of rotatable bonds is 7. The molecule has 0 spiro atoms. The maximum atomic E-state index is 4.14. The van der Waals surface area contributed by atoms with Gasteiger partial charge in [0.05, 0.1) is 0 Å². The van der Waals surface area contributed by atoms with E-state index in [4.69, 9.17) is 0 Å². The highest BCUT2D eigenvalue weighted by molar-refractivity contribution is 5.07. The van der Waals surface area contributed by atoms with E-state index in [1.165, 1.54) is 24.8 Å². The van der Waals surface area contributed by atoms with Crippen molar-refractivity contribution >= 4 is 0 Å². The lowest BCUT2D eigenvalue weighted by Crippen LogP contribution is -2.33. The molecule has 1 N–H and O–H groups in total. The van der Waals surface area contributed by atoms with Crippen molar-refractivity contribution in [1.29, 1.82) is 0 Å². The van der Waals surface area contributed by atoms with Gasteiger partial charge in [-0.05, 0) is 43.6 Å². The van der Waals surface area contributed by atoms with Crippen molar-refractivity contribution in [2.24, 2.45) is 11.3 Å². The minimum atomic E-state index is 0.569. The molecular weight excluding hydrogens is 182 g/mol. The highest BCUT2D eigenvalue weighted by atomic mass is 14.9. The molecule has 1 heteroatoms. The first-order valence-corrected chi connectivity index (χ1v) is 6.41. The fourth-order valence-electron chi connectivity index (χ4n) is 2.34. The Hall–Kier alpha value is -0.300. The summed E-state index contributed by atoms with van der Waals surface area (Å²) in [4.78, 5) is 0. The molecule has 15 heavy (non-hydrogen) atoms. The van der Waals surface area contributed by atoms with E-state index in [9.17, 15) is 0 Å². The minimum absolute atomic E-state index is 0.569. The van der Waals surface area contributed by atoms with Gasteiger partial charge in [0.15, 0.2) is 0 Å². The molecule has 1 aliphatic carbocycles. The zero-order chi connectivity index (χ0) is 11.5. The molecule has 0 aromatic carbocycles. The topological polar surface area (TPSA) is 12.0 Å². The van der Waals surface area contributed by atoms with Crippen LogP contribution in [0.2, 0.25) is 0 Å². The lowest BCUT2D eigenvalue weighted by molar-refractivity contribution is 0.400. The molecule has 0 saturated heterocycles. The third-order valence-electron chi connectivity index (χ3n) is 3.74. The average Bonchev–Trinajstić information content (AvgIpc) is 2.81. The van der Waals surface area contributed by atoms with Crippen LogP contribution in [0.3, 0.4) is 0 Å². The largest absolute Gasteiger partial charge is 0.313 e. The van der Waals surface area contributed by atoms with E-state index in [0.717, 1.165) is 18.9 Å². The van der Waals surface area contributed by atoms with Gasteiger partial charge in [-0.1, -0.05) is 39.8 Å². The van der Waals surface area contributed by atoms with Crippen LogP contribution in [-0.4, -0.2) is 12.6 Å². The Bertz CT molecular complexity index is 217. The van der Waals surface area contributed by atoms with E-state index in [2.05, 4.69) is 39.6 Å². The smallest absolute Gasteiger partial charge is 0.0138 e. The van der Waals surface area contributed by atoms with E-state index in [-0.39, 0.29) is 0 Å². The van der Waals surface area contributed by atoms with Crippen molar-refractivity contribution in [3.05, 3.63) is 12.2 Å². The lowest BCUT2D eigenvalue weighted by Gasteiger charge is -2.21. The third-order valence-corrected chi connectivity index (χ3v) is 3.74. The van der Waals surface area contributed by atoms with Gasteiger partial charge in [0.1, 0.15) is 0 Å². The standard InChI is InChI=1S/C14H27N/c1-6-8-15-13(9-11(3)7-2)12-10-14(12,4)5/h12-13,15H,3,6-10H2,1-2,4-5H3. The van der Waals surface area contributed by atoms with Crippen molar-refractivity contribution < 1.29 is 0 Å². The second-order valence-corrected chi connectivity index (χ2v) is 5.67. The molecular formula is C14H27N. The summed E-state index contributed by atoms with van der Waals surface area (Å²) < 4.78 is 0. The molecule has 1 rings (SSSR count). The molecule has 0 aromatic rings. The van der Waals surface area contributed by atoms with Gasteiger partial charge in [-0.25, -0.2) is 0 Å². The molecule has 0 bridgehead atoms.